The molecule has 28 heavy (non-hydrogen) atoms. The Kier molecular flexibility index (Phi) is 10.5. The summed E-state index contributed by atoms with van der Waals surface area (Å²) in [7, 11) is 1.71. The average molecular weight is 389 g/mol. The average Bonchev–Trinajstić information content (AvgIpc) is 3.48. The van der Waals surface area contributed by atoms with Crippen molar-refractivity contribution in [2.45, 2.75) is 65.5 Å². The lowest BCUT2D eigenvalue weighted by atomic mass is 9.82. The first kappa shape index (κ1) is 24.4. The van der Waals surface area contributed by atoms with E-state index in [2.05, 4.69) is 55.6 Å². The van der Waals surface area contributed by atoms with Gasteiger partial charge in [-0.25, -0.2) is 0 Å². The molecule has 1 saturated heterocycles. The minimum Gasteiger partial charge on any atom is -0.379 e. The first-order valence-electron chi connectivity index (χ1n) is 10.4. The third-order valence-electron chi connectivity index (χ3n) is 4.67. The fourth-order valence-corrected chi connectivity index (χ4v) is 2.62. The van der Waals surface area contributed by atoms with Crippen LogP contribution in [0.1, 0.15) is 59.4 Å². The summed E-state index contributed by atoms with van der Waals surface area (Å²) in [5, 5.41) is 3.50. The van der Waals surface area contributed by atoms with Gasteiger partial charge in [0.25, 0.3) is 0 Å². The topological polar surface area (TPSA) is 41.6 Å². The number of ether oxygens (including phenoxy) is 1. The molecule has 1 aliphatic heterocycles. The van der Waals surface area contributed by atoms with E-state index in [0.29, 0.717) is 5.41 Å². The van der Waals surface area contributed by atoms with Crippen LogP contribution in [0.25, 0.3) is 6.08 Å². The standard InChI is InChI=1S/C10H12.C9H16N2O.C5H12O/c1-2-3-7-10-8-5-4-6-9-10;1-9(4-10-8-2-3-8)5-11(6-9)7-12;1-5(2,3)6-4/h3-9H,2H2,1H3;7-8,10H,2-6H2,1H3;1-4H3/b7-3-;;. The summed E-state index contributed by atoms with van der Waals surface area (Å²) < 4.78 is 4.94. The zero-order valence-corrected chi connectivity index (χ0v) is 18.7. The lowest BCUT2D eigenvalue weighted by Gasteiger charge is -2.46. The highest BCUT2D eigenvalue weighted by molar-refractivity contribution is 5.49. The molecule has 1 aromatic carbocycles. The van der Waals surface area contributed by atoms with Crippen molar-refractivity contribution in [3.63, 3.8) is 0 Å². The van der Waals surface area contributed by atoms with Crippen molar-refractivity contribution >= 4 is 12.5 Å². The van der Waals surface area contributed by atoms with Crippen LogP contribution in [0.4, 0.5) is 0 Å². The van der Waals surface area contributed by atoms with E-state index in [1.54, 1.807) is 7.11 Å². The summed E-state index contributed by atoms with van der Waals surface area (Å²) >= 11 is 0. The van der Waals surface area contributed by atoms with Crippen LogP contribution >= 0.6 is 0 Å². The number of allylic oxidation sites excluding steroid dienone is 1. The molecule has 1 aromatic rings. The van der Waals surface area contributed by atoms with Gasteiger partial charge in [-0.3, -0.25) is 4.79 Å². The number of nitrogens with zero attached hydrogens (tertiary/aromatic N) is 1. The summed E-state index contributed by atoms with van der Waals surface area (Å²) in [6.07, 6.45) is 9.03. The maximum Gasteiger partial charge on any atom is 0.209 e. The molecule has 1 heterocycles. The number of hydrogen-bond donors (Lipinski definition) is 1. The van der Waals surface area contributed by atoms with Gasteiger partial charge in [-0.15, -0.1) is 0 Å². The molecule has 1 N–H and O–H groups in total. The molecule has 4 nitrogen and oxygen atoms in total. The molecule has 1 aliphatic carbocycles. The lowest BCUT2D eigenvalue weighted by molar-refractivity contribution is -0.128. The minimum atomic E-state index is 0.0417. The van der Waals surface area contributed by atoms with Crippen LogP contribution in [0.3, 0.4) is 0 Å². The van der Waals surface area contributed by atoms with Crippen molar-refractivity contribution < 1.29 is 9.53 Å². The maximum absolute atomic E-state index is 10.3. The Morgan fingerprint density at radius 3 is 2.21 bits per heavy atom. The number of methoxy groups -OCH3 is 1. The summed E-state index contributed by atoms with van der Waals surface area (Å²) in [6, 6.07) is 11.1. The van der Waals surface area contributed by atoms with E-state index in [1.165, 1.54) is 18.4 Å². The minimum absolute atomic E-state index is 0.0417. The lowest BCUT2D eigenvalue weighted by Crippen LogP contribution is -2.58. The highest BCUT2D eigenvalue weighted by Gasteiger charge is 2.38. The van der Waals surface area contributed by atoms with Gasteiger partial charge in [-0.05, 0) is 45.6 Å². The SMILES string of the molecule is CC/C=C\c1ccccc1.CC1(CNC2CC2)CN(C=O)C1.COC(C)(C)C. The number of amides is 1. The highest BCUT2D eigenvalue weighted by Crippen LogP contribution is 2.29. The second-order valence-electron chi connectivity index (χ2n) is 9.01. The first-order chi connectivity index (χ1) is 13.2. The quantitative estimate of drug-likeness (QED) is 0.715. The number of benzene rings is 1. The number of rotatable bonds is 6. The number of hydrogen-bond acceptors (Lipinski definition) is 3. The summed E-state index contributed by atoms with van der Waals surface area (Å²) in [4.78, 5) is 12.2. The zero-order chi connectivity index (χ0) is 21.0. The Bertz CT molecular complexity index is 568. The number of nitrogens with one attached hydrogen (secondary N) is 1. The van der Waals surface area contributed by atoms with Crippen LogP contribution < -0.4 is 5.32 Å². The van der Waals surface area contributed by atoms with Gasteiger partial charge < -0.3 is 15.0 Å². The third kappa shape index (κ3) is 11.3. The van der Waals surface area contributed by atoms with Crippen molar-refractivity contribution in [2.75, 3.05) is 26.7 Å². The van der Waals surface area contributed by atoms with Gasteiger partial charge in [-0.2, -0.15) is 0 Å². The van der Waals surface area contributed by atoms with Crippen LogP contribution in [0, 0.1) is 5.41 Å². The molecule has 0 atom stereocenters. The molecule has 1 saturated carbocycles. The Hall–Kier alpha value is -1.65. The number of carbonyl (C=O) groups is 1. The van der Waals surface area contributed by atoms with E-state index in [0.717, 1.165) is 38.5 Å². The van der Waals surface area contributed by atoms with Gasteiger partial charge in [0.1, 0.15) is 0 Å². The Morgan fingerprint density at radius 2 is 1.79 bits per heavy atom. The van der Waals surface area contributed by atoms with Crippen LogP contribution in [0.15, 0.2) is 36.4 Å². The van der Waals surface area contributed by atoms with E-state index >= 15 is 0 Å². The number of likely N-dealkylation sites (tertiary alicyclic amines) is 1. The maximum atomic E-state index is 10.3. The summed E-state index contributed by atoms with van der Waals surface area (Å²) in [6.45, 7) is 13.4. The van der Waals surface area contributed by atoms with Crippen molar-refractivity contribution in [2.24, 2.45) is 5.41 Å². The van der Waals surface area contributed by atoms with Crippen LogP contribution in [-0.4, -0.2) is 49.7 Å². The van der Waals surface area contributed by atoms with Crippen LogP contribution in [-0.2, 0) is 9.53 Å². The summed E-state index contributed by atoms with van der Waals surface area (Å²) in [5.74, 6) is 0. The number of carbonyl (C=O) groups excluding carboxylic acids is 1. The Balaban J connectivity index is 0.000000223. The van der Waals surface area contributed by atoms with Crippen LogP contribution in [0.2, 0.25) is 0 Å². The summed E-state index contributed by atoms with van der Waals surface area (Å²) in [5.41, 5.74) is 1.67. The predicted octanol–water partition coefficient (Wildman–Crippen LogP) is 4.76. The van der Waals surface area contributed by atoms with Crippen molar-refractivity contribution in [1.29, 1.82) is 0 Å². The largest absolute Gasteiger partial charge is 0.379 e. The van der Waals surface area contributed by atoms with E-state index in [9.17, 15) is 4.79 Å². The molecular formula is C24H40N2O2. The van der Waals surface area contributed by atoms with Crippen molar-refractivity contribution in [1.82, 2.24) is 10.2 Å². The first-order valence-corrected chi connectivity index (χ1v) is 10.4. The molecule has 158 valence electrons. The molecule has 0 spiro atoms. The van der Waals surface area contributed by atoms with E-state index < -0.39 is 0 Å². The molecule has 1 amide bonds. The van der Waals surface area contributed by atoms with Crippen molar-refractivity contribution in [3.8, 4) is 0 Å². The Labute approximate surface area is 172 Å². The molecule has 2 aliphatic rings. The molecule has 0 unspecified atom stereocenters. The Morgan fingerprint density at radius 1 is 1.21 bits per heavy atom. The van der Waals surface area contributed by atoms with Crippen LogP contribution in [0.5, 0.6) is 0 Å². The van der Waals surface area contributed by atoms with Gasteiger partial charge in [0, 0.05) is 38.2 Å². The van der Waals surface area contributed by atoms with E-state index in [4.69, 9.17) is 4.74 Å². The normalized spacial score (nSPS) is 17.7. The fraction of sp³-hybridized carbons (Fsp3) is 0.625. The van der Waals surface area contributed by atoms with Gasteiger partial charge in [-0.1, -0.05) is 56.3 Å². The molecule has 0 aromatic heterocycles. The second-order valence-corrected chi connectivity index (χ2v) is 9.01. The predicted molar refractivity (Wildman–Crippen MR) is 119 cm³/mol. The zero-order valence-electron chi connectivity index (χ0n) is 18.7. The smallest absolute Gasteiger partial charge is 0.209 e. The molecular weight excluding hydrogens is 348 g/mol. The highest BCUT2D eigenvalue weighted by atomic mass is 16.5. The van der Waals surface area contributed by atoms with Crippen molar-refractivity contribution in [3.05, 3.63) is 42.0 Å². The monoisotopic (exact) mass is 388 g/mol. The molecule has 4 heteroatoms. The second kappa shape index (κ2) is 12.0. The van der Waals surface area contributed by atoms with E-state index in [-0.39, 0.29) is 5.60 Å². The fourth-order valence-electron chi connectivity index (χ4n) is 2.62. The molecule has 0 bridgehead atoms. The van der Waals surface area contributed by atoms with Gasteiger partial charge >= 0.3 is 0 Å². The third-order valence-corrected chi connectivity index (χ3v) is 4.67. The molecule has 2 fully saturated rings. The van der Waals surface area contributed by atoms with Gasteiger partial charge in [0.2, 0.25) is 6.41 Å². The van der Waals surface area contributed by atoms with Gasteiger partial charge in [0.05, 0.1) is 5.60 Å². The molecule has 0 radical (unpaired) electrons. The van der Waals surface area contributed by atoms with Gasteiger partial charge in [0.15, 0.2) is 0 Å². The van der Waals surface area contributed by atoms with E-state index in [1.807, 2.05) is 31.7 Å². The molecule has 3 rings (SSSR count).